The zero-order valence-corrected chi connectivity index (χ0v) is 10.5. The lowest BCUT2D eigenvalue weighted by Crippen LogP contribution is -2.55. The van der Waals surface area contributed by atoms with Crippen molar-refractivity contribution in [1.82, 2.24) is 15.5 Å². The number of carbonyl (C=O) groups is 2. The van der Waals surface area contributed by atoms with E-state index in [2.05, 4.69) is 10.6 Å². The van der Waals surface area contributed by atoms with Crippen molar-refractivity contribution in [3.8, 4) is 0 Å². The van der Waals surface area contributed by atoms with E-state index < -0.39 is 23.5 Å². The molecule has 0 fully saturated rings. The van der Waals surface area contributed by atoms with E-state index in [1.807, 2.05) is 13.8 Å². The van der Waals surface area contributed by atoms with Crippen LogP contribution in [0.5, 0.6) is 0 Å². The van der Waals surface area contributed by atoms with Gasteiger partial charge in [0.05, 0.1) is 12.6 Å². The topological polar surface area (TPSA) is 81.7 Å². The molecule has 0 aliphatic heterocycles. The van der Waals surface area contributed by atoms with Gasteiger partial charge in [-0.25, -0.2) is 4.79 Å². The molecule has 3 N–H and O–H groups in total. The van der Waals surface area contributed by atoms with E-state index in [1.54, 1.807) is 18.9 Å². The Kier molecular flexibility index (Phi) is 5.40. The second-order valence-electron chi connectivity index (χ2n) is 4.33. The van der Waals surface area contributed by atoms with Gasteiger partial charge >= 0.3 is 6.03 Å². The Balaban J connectivity index is 4.49. The average molecular weight is 231 g/mol. The SMILES string of the molecule is CNC(=O)NC(=O)C(C)N(C)C(C)(C)CO. The summed E-state index contributed by atoms with van der Waals surface area (Å²) in [5.41, 5.74) is -0.514. The molecule has 0 heterocycles. The molecule has 6 nitrogen and oxygen atoms in total. The zero-order chi connectivity index (χ0) is 12.9. The van der Waals surface area contributed by atoms with Crippen molar-refractivity contribution >= 4 is 11.9 Å². The van der Waals surface area contributed by atoms with Crippen LogP contribution >= 0.6 is 0 Å². The molecule has 0 aliphatic carbocycles. The predicted octanol–water partition coefficient (Wildman–Crippen LogP) is -0.467. The second kappa shape index (κ2) is 5.81. The molecular weight excluding hydrogens is 210 g/mol. The highest BCUT2D eigenvalue weighted by Gasteiger charge is 2.30. The fourth-order valence-electron chi connectivity index (χ4n) is 1.09. The van der Waals surface area contributed by atoms with Crippen LogP contribution in [0, 0.1) is 0 Å². The number of hydrogen-bond donors (Lipinski definition) is 3. The first-order chi connectivity index (χ1) is 7.26. The van der Waals surface area contributed by atoms with E-state index in [1.165, 1.54) is 7.05 Å². The number of nitrogens with one attached hydrogen (secondary N) is 2. The van der Waals surface area contributed by atoms with Crippen molar-refractivity contribution in [3.05, 3.63) is 0 Å². The smallest absolute Gasteiger partial charge is 0.321 e. The van der Waals surface area contributed by atoms with Crippen LogP contribution < -0.4 is 10.6 Å². The number of rotatable bonds is 4. The summed E-state index contributed by atoms with van der Waals surface area (Å²) in [6.45, 7) is 5.24. The number of imide groups is 1. The van der Waals surface area contributed by atoms with Gasteiger partial charge in [0.2, 0.25) is 5.91 Å². The Morgan fingerprint density at radius 3 is 2.31 bits per heavy atom. The molecule has 0 bridgehead atoms. The van der Waals surface area contributed by atoms with Crippen LogP contribution in [-0.4, -0.2) is 54.2 Å². The second-order valence-corrected chi connectivity index (χ2v) is 4.33. The number of amides is 3. The summed E-state index contributed by atoms with van der Waals surface area (Å²) < 4.78 is 0. The molecule has 1 unspecified atom stereocenters. The number of aliphatic hydroxyl groups excluding tert-OH is 1. The van der Waals surface area contributed by atoms with Crippen molar-refractivity contribution in [2.24, 2.45) is 0 Å². The van der Waals surface area contributed by atoms with E-state index in [-0.39, 0.29) is 6.61 Å². The van der Waals surface area contributed by atoms with Gasteiger partial charge in [-0.05, 0) is 27.8 Å². The molecule has 0 radical (unpaired) electrons. The van der Waals surface area contributed by atoms with Gasteiger partial charge in [0.1, 0.15) is 0 Å². The highest BCUT2D eigenvalue weighted by Crippen LogP contribution is 2.14. The average Bonchev–Trinajstić information content (AvgIpc) is 2.26. The first kappa shape index (κ1) is 14.9. The van der Waals surface area contributed by atoms with Crippen molar-refractivity contribution in [2.75, 3.05) is 20.7 Å². The molecule has 0 spiro atoms. The van der Waals surface area contributed by atoms with Crippen LogP contribution in [0.2, 0.25) is 0 Å². The monoisotopic (exact) mass is 231 g/mol. The predicted molar refractivity (Wildman–Crippen MR) is 61.0 cm³/mol. The first-order valence-corrected chi connectivity index (χ1v) is 5.12. The fraction of sp³-hybridized carbons (Fsp3) is 0.800. The van der Waals surface area contributed by atoms with Gasteiger partial charge in [-0.3, -0.25) is 15.0 Å². The van der Waals surface area contributed by atoms with Crippen LogP contribution in [0.3, 0.4) is 0 Å². The first-order valence-electron chi connectivity index (χ1n) is 5.12. The minimum Gasteiger partial charge on any atom is -0.394 e. The molecule has 0 aliphatic rings. The fourth-order valence-corrected chi connectivity index (χ4v) is 1.09. The molecule has 0 saturated carbocycles. The zero-order valence-electron chi connectivity index (χ0n) is 10.5. The molecule has 16 heavy (non-hydrogen) atoms. The van der Waals surface area contributed by atoms with Crippen molar-refractivity contribution in [3.63, 3.8) is 0 Å². The van der Waals surface area contributed by atoms with E-state index in [0.29, 0.717) is 0 Å². The lowest BCUT2D eigenvalue weighted by Gasteiger charge is -2.37. The third kappa shape index (κ3) is 3.79. The van der Waals surface area contributed by atoms with Gasteiger partial charge in [0.15, 0.2) is 0 Å². The Labute approximate surface area is 96.0 Å². The van der Waals surface area contributed by atoms with E-state index in [4.69, 9.17) is 0 Å². The number of carbonyl (C=O) groups excluding carboxylic acids is 2. The minimum absolute atomic E-state index is 0.0684. The summed E-state index contributed by atoms with van der Waals surface area (Å²) in [6.07, 6.45) is 0. The third-order valence-electron chi connectivity index (χ3n) is 2.77. The normalized spacial score (nSPS) is 13.4. The summed E-state index contributed by atoms with van der Waals surface area (Å²) in [6, 6.07) is -1.04. The molecule has 0 aromatic heterocycles. The van der Waals surface area contributed by atoms with Crippen molar-refractivity contribution in [2.45, 2.75) is 32.4 Å². The number of hydrogen-bond acceptors (Lipinski definition) is 4. The van der Waals surface area contributed by atoms with Crippen LogP contribution in [0.4, 0.5) is 4.79 Å². The van der Waals surface area contributed by atoms with Crippen molar-refractivity contribution in [1.29, 1.82) is 0 Å². The summed E-state index contributed by atoms with van der Waals surface area (Å²) in [4.78, 5) is 24.3. The summed E-state index contributed by atoms with van der Waals surface area (Å²) in [7, 11) is 3.17. The van der Waals surface area contributed by atoms with E-state index in [0.717, 1.165) is 0 Å². The van der Waals surface area contributed by atoms with E-state index >= 15 is 0 Å². The molecule has 1 atom stereocenters. The molecule has 3 amide bonds. The molecule has 0 rings (SSSR count). The largest absolute Gasteiger partial charge is 0.394 e. The number of nitrogens with zero attached hydrogens (tertiary/aromatic N) is 1. The van der Waals surface area contributed by atoms with Gasteiger partial charge in [0, 0.05) is 12.6 Å². The molecule has 0 saturated heterocycles. The molecular formula is C10H21N3O3. The van der Waals surface area contributed by atoms with Gasteiger partial charge in [0.25, 0.3) is 0 Å². The summed E-state index contributed by atoms with van der Waals surface area (Å²) >= 11 is 0. The third-order valence-corrected chi connectivity index (χ3v) is 2.77. The number of likely N-dealkylation sites (N-methyl/N-ethyl adjacent to an activating group) is 1. The van der Waals surface area contributed by atoms with Crippen LogP contribution in [-0.2, 0) is 4.79 Å². The van der Waals surface area contributed by atoms with E-state index in [9.17, 15) is 14.7 Å². The Hall–Kier alpha value is -1.14. The number of urea groups is 1. The Morgan fingerprint density at radius 1 is 1.44 bits per heavy atom. The van der Waals surface area contributed by atoms with Crippen LogP contribution in [0.1, 0.15) is 20.8 Å². The molecule has 0 aromatic carbocycles. The maximum Gasteiger partial charge on any atom is 0.321 e. The van der Waals surface area contributed by atoms with Crippen LogP contribution in [0.25, 0.3) is 0 Å². The molecule has 94 valence electrons. The minimum atomic E-state index is -0.535. The highest BCUT2D eigenvalue weighted by molar-refractivity contribution is 5.96. The Morgan fingerprint density at radius 2 is 1.94 bits per heavy atom. The van der Waals surface area contributed by atoms with Crippen LogP contribution in [0.15, 0.2) is 0 Å². The van der Waals surface area contributed by atoms with Crippen molar-refractivity contribution < 1.29 is 14.7 Å². The lowest BCUT2D eigenvalue weighted by atomic mass is 10.0. The maximum absolute atomic E-state index is 11.6. The molecule has 0 aromatic rings. The quantitative estimate of drug-likeness (QED) is 0.611. The van der Waals surface area contributed by atoms with Gasteiger partial charge in [-0.15, -0.1) is 0 Å². The Bertz CT molecular complexity index is 266. The molecule has 6 heteroatoms. The maximum atomic E-state index is 11.6. The van der Waals surface area contributed by atoms with Gasteiger partial charge in [-0.1, -0.05) is 0 Å². The highest BCUT2D eigenvalue weighted by atomic mass is 16.3. The van der Waals surface area contributed by atoms with Gasteiger partial charge in [-0.2, -0.15) is 0 Å². The van der Waals surface area contributed by atoms with Gasteiger partial charge < -0.3 is 10.4 Å². The lowest BCUT2D eigenvalue weighted by molar-refractivity contribution is -0.126. The summed E-state index contributed by atoms with van der Waals surface area (Å²) in [5.74, 6) is -0.400. The number of aliphatic hydroxyl groups is 1. The standard InChI is InChI=1S/C10H21N3O3/c1-7(8(15)12-9(16)11-4)13(5)10(2,3)6-14/h7,14H,6H2,1-5H3,(H2,11,12,15,16). The summed E-state index contributed by atoms with van der Waals surface area (Å²) in [5, 5.41) is 13.7.